The van der Waals surface area contributed by atoms with E-state index in [4.69, 9.17) is 4.74 Å². The van der Waals surface area contributed by atoms with E-state index >= 15 is 0 Å². The number of thioether (sulfide) groups is 2. The number of nitrogens with zero attached hydrogens (tertiary/aromatic N) is 2. The van der Waals surface area contributed by atoms with Gasteiger partial charge in [0.15, 0.2) is 10.9 Å². The van der Waals surface area contributed by atoms with E-state index in [2.05, 4.69) is 10.8 Å². The summed E-state index contributed by atoms with van der Waals surface area (Å²) in [5.74, 6) is 3.39. The number of aromatic nitrogens is 2. The molecule has 45 heavy (non-hydrogen) atoms. The predicted molar refractivity (Wildman–Crippen MR) is 191 cm³/mol. The molecule has 0 N–H and O–H groups in total. The van der Waals surface area contributed by atoms with Gasteiger partial charge in [-0.2, -0.15) is 23.5 Å². The van der Waals surface area contributed by atoms with Gasteiger partial charge in [0, 0.05) is 28.1 Å². The minimum atomic E-state index is -0.606. The highest BCUT2D eigenvalue weighted by Crippen LogP contribution is 2.27. The first kappa shape index (κ1) is 31.0. The van der Waals surface area contributed by atoms with E-state index in [1.165, 1.54) is 29.6 Å². The number of hydrogen-bond acceptors (Lipinski definition) is 6. The van der Waals surface area contributed by atoms with E-state index in [0.29, 0.717) is 44.6 Å². The smallest absolute Gasteiger partial charge is 0.419 e. The van der Waals surface area contributed by atoms with Gasteiger partial charge in [0.2, 0.25) is 0 Å². The molecule has 0 amide bonds. The van der Waals surface area contributed by atoms with E-state index in [0.717, 1.165) is 29.0 Å². The first-order valence-corrected chi connectivity index (χ1v) is 17.9. The molecule has 230 valence electrons. The average Bonchev–Trinajstić information content (AvgIpc) is 3.08. The van der Waals surface area contributed by atoms with Crippen molar-refractivity contribution in [2.24, 2.45) is 0 Å². The van der Waals surface area contributed by atoms with Crippen molar-refractivity contribution >= 4 is 73.2 Å². The molecule has 0 saturated carbocycles. The molecular formula is C37H36N2O4S2. The fraction of sp³-hybridized carbons (Fsp3) is 0.270. The van der Waals surface area contributed by atoms with Gasteiger partial charge in [-0.15, -0.1) is 0 Å². The zero-order valence-corrected chi connectivity index (χ0v) is 27.0. The van der Waals surface area contributed by atoms with Crippen LogP contribution in [0.25, 0.3) is 43.6 Å². The Morgan fingerprint density at radius 1 is 0.644 bits per heavy atom. The Morgan fingerprint density at radius 2 is 1.24 bits per heavy atom. The molecule has 0 fully saturated rings. The zero-order valence-electron chi connectivity index (χ0n) is 25.4. The second-order valence-electron chi connectivity index (χ2n) is 11.1. The van der Waals surface area contributed by atoms with Crippen molar-refractivity contribution in [1.82, 2.24) is 9.13 Å². The molecule has 0 bridgehead atoms. The highest BCUT2D eigenvalue weighted by atomic mass is 32.2. The van der Waals surface area contributed by atoms with Crippen LogP contribution in [-0.4, -0.2) is 38.7 Å². The molecule has 6 rings (SSSR count). The van der Waals surface area contributed by atoms with Crippen molar-refractivity contribution < 1.29 is 9.53 Å². The summed E-state index contributed by atoms with van der Waals surface area (Å²) < 4.78 is 9.35. The number of rotatable bonds is 12. The maximum absolute atomic E-state index is 13.9. The fourth-order valence-corrected chi connectivity index (χ4v) is 7.37. The van der Waals surface area contributed by atoms with Crippen LogP contribution in [0.2, 0.25) is 0 Å². The van der Waals surface area contributed by atoms with Crippen molar-refractivity contribution in [3.05, 3.63) is 117 Å². The van der Waals surface area contributed by atoms with Gasteiger partial charge in [0.05, 0.1) is 22.1 Å². The molecule has 0 spiro atoms. The van der Waals surface area contributed by atoms with Crippen molar-refractivity contribution in [3.8, 4) is 0 Å². The number of para-hydroxylation sites is 2. The van der Waals surface area contributed by atoms with Crippen LogP contribution in [0.5, 0.6) is 0 Å². The summed E-state index contributed by atoms with van der Waals surface area (Å²) in [5.41, 5.74) is 2.90. The SMILES string of the molecule is CSCCCCCSCCCn1c2ccccc2c(=O)c2cc3c(cc21)c(=O)c1ccccc1n3C(=O)OCc1ccccc1. The third kappa shape index (κ3) is 6.53. The molecule has 0 aliphatic rings. The third-order valence-electron chi connectivity index (χ3n) is 8.16. The third-order valence-corrected chi connectivity index (χ3v) is 10.0. The van der Waals surface area contributed by atoms with Gasteiger partial charge in [-0.25, -0.2) is 9.36 Å². The largest absolute Gasteiger partial charge is 0.444 e. The van der Waals surface area contributed by atoms with Crippen molar-refractivity contribution in [3.63, 3.8) is 0 Å². The molecule has 6 aromatic rings. The molecule has 0 unspecified atom stereocenters. The first-order valence-electron chi connectivity index (χ1n) is 15.4. The van der Waals surface area contributed by atoms with Crippen LogP contribution in [0, 0.1) is 0 Å². The van der Waals surface area contributed by atoms with E-state index in [-0.39, 0.29) is 17.5 Å². The minimum absolute atomic E-state index is 0.0858. The summed E-state index contributed by atoms with van der Waals surface area (Å²) in [7, 11) is 0. The molecule has 0 radical (unpaired) electrons. The van der Waals surface area contributed by atoms with Gasteiger partial charge in [-0.05, 0) is 84.7 Å². The van der Waals surface area contributed by atoms with Crippen LogP contribution in [0.15, 0.2) is 101 Å². The Bertz CT molecular complexity index is 2100. The van der Waals surface area contributed by atoms with E-state index < -0.39 is 6.09 Å². The average molecular weight is 637 g/mol. The number of carbonyl (C=O) groups excluding carboxylic acids is 1. The van der Waals surface area contributed by atoms with Crippen molar-refractivity contribution in [2.75, 3.05) is 23.5 Å². The number of fused-ring (bicyclic) bond motifs is 4. The molecule has 8 heteroatoms. The van der Waals surface area contributed by atoms with Gasteiger partial charge in [0.1, 0.15) is 6.61 Å². The molecular weight excluding hydrogens is 601 g/mol. The second-order valence-corrected chi connectivity index (χ2v) is 13.3. The van der Waals surface area contributed by atoms with Crippen molar-refractivity contribution in [2.45, 2.75) is 38.8 Å². The molecule has 0 saturated heterocycles. The lowest BCUT2D eigenvalue weighted by Gasteiger charge is -2.18. The van der Waals surface area contributed by atoms with Crippen LogP contribution < -0.4 is 10.9 Å². The van der Waals surface area contributed by atoms with Gasteiger partial charge in [-0.3, -0.25) is 9.59 Å². The predicted octanol–water partition coefficient (Wildman–Crippen LogP) is 8.46. The summed E-state index contributed by atoms with van der Waals surface area (Å²) in [5, 5.41) is 1.89. The molecule has 4 aromatic carbocycles. The lowest BCUT2D eigenvalue weighted by Crippen LogP contribution is -2.20. The summed E-state index contributed by atoms with van der Waals surface area (Å²) in [6.07, 6.45) is 6.25. The molecule has 2 heterocycles. The van der Waals surface area contributed by atoms with Gasteiger partial charge in [-0.1, -0.05) is 61.0 Å². The number of benzene rings is 4. The normalized spacial score (nSPS) is 11.6. The molecule has 0 aliphatic carbocycles. The Balaban J connectivity index is 1.43. The van der Waals surface area contributed by atoms with Gasteiger partial charge >= 0.3 is 6.09 Å². The minimum Gasteiger partial charge on any atom is -0.444 e. The van der Waals surface area contributed by atoms with Crippen LogP contribution in [0.1, 0.15) is 31.2 Å². The number of carbonyl (C=O) groups is 1. The highest BCUT2D eigenvalue weighted by molar-refractivity contribution is 7.99. The quantitative estimate of drug-likeness (QED) is 0.0992. The molecule has 0 aliphatic heterocycles. The monoisotopic (exact) mass is 636 g/mol. The maximum Gasteiger partial charge on any atom is 0.419 e. The summed E-state index contributed by atoms with van der Waals surface area (Å²) in [4.78, 5) is 41.6. The number of hydrogen-bond donors (Lipinski definition) is 0. The van der Waals surface area contributed by atoms with Gasteiger partial charge < -0.3 is 9.30 Å². The molecule has 2 aromatic heterocycles. The summed E-state index contributed by atoms with van der Waals surface area (Å²) in [6, 6.07) is 27.7. The number of unbranched alkanes of at least 4 members (excludes halogenated alkanes) is 2. The Morgan fingerprint density at radius 3 is 2.00 bits per heavy atom. The fourth-order valence-electron chi connectivity index (χ4n) is 5.94. The lowest BCUT2D eigenvalue weighted by molar-refractivity contribution is 0.143. The van der Waals surface area contributed by atoms with Crippen LogP contribution >= 0.6 is 23.5 Å². The molecule has 0 atom stereocenters. The van der Waals surface area contributed by atoms with Crippen LogP contribution in [0.3, 0.4) is 0 Å². The number of ether oxygens (including phenoxy) is 1. The standard InChI is InChI=1S/C37H36N2O4S2/c1-44-20-10-3-11-21-45-22-12-19-38-31-17-8-6-15-27(31)35(40)29-24-34-30(23-33(29)38)36(41)28-16-7-9-18-32(28)39(34)37(42)43-25-26-13-4-2-5-14-26/h2,4-9,13-18,23-24H,3,10-12,19-22,25H2,1H3. The summed E-state index contributed by atoms with van der Waals surface area (Å²) >= 11 is 3.88. The Kier molecular flexibility index (Phi) is 9.91. The first-order chi connectivity index (χ1) is 22.1. The Labute approximate surface area is 270 Å². The number of aryl methyl sites for hydroxylation is 1. The van der Waals surface area contributed by atoms with E-state index in [1.54, 1.807) is 36.4 Å². The highest BCUT2D eigenvalue weighted by Gasteiger charge is 2.20. The van der Waals surface area contributed by atoms with E-state index in [1.807, 2.05) is 78.1 Å². The second kappa shape index (κ2) is 14.4. The summed E-state index contributed by atoms with van der Waals surface area (Å²) in [6.45, 7) is 0.797. The van der Waals surface area contributed by atoms with Crippen LogP contribution in [-0.2, 0) is 17.9 Å². The van der Waals surface area contributed by atoms with E-state index in [9.17, 15) is 14.4 Å². The van der Waals surface area contributed by atoms with Crippen molar-refractivity contribution in [1.29, 1.82) is 0 Å². The lowest BCUT2D eigenvalue weighted by atomic mass is 10.0. The maximum atomic E-state index is 13.9. The topological polar surface area (TPSA) is 70.3 Å². The van der Waals surface area contributed by atoms with Crippen LogP contribution in [0.4, 0.5) is 4.79 Å². The van der Waals surface area contributed by atoms with Gasteiger partial charge in [0.25, 0.3) is 0 Å². The molecule has 6 nitrogen and oxygen atoms in total. The Hall–Kier alpha value is -4.01. The zero-order chi connectivity index (χ0) is 31.2. The number of pyridine rings is 2.